The minimum atomic E-state index is -0.419. The molecule has 3 aromatic carbocycles. The van der Waals surface area contributed by atoms with Crippen molar-refractivity contribution < 1.29 is 14.0 Å². The van der Waals surface area contributed by atoms with Crippen molar-refractivity contribution in [3.63, 3.8) is 0 Å². The van der Waals surface area contributed by atoms with Gasteiger partial charge in [-0.05, 0) is 61.1 Å². The van der Waals surface area contributed by atoms with Crippen molar-refractivity contribution in [1.29, 1.82) is 0 Å². The summed E-state index contributed by atoms with van der Waals surface area (Å²) in [4.78, 5) is 25.7. The van der Waals surface area contributed by atoms with E-state index in [-0.39, 0.29) is 48.6 Å². The van der Waals surface area contributed by atoms with Crippen molar-refractivity contribution in [2.24, 2.45) is 5.73 Å². The molecule has 0 saturated carbocycles. The maximum absolute atomic E-state index is 13.2. The number of nitrogens with one attached hydrogen (secondary N) is 4. The molecule has 0 aromatic heterocycles. The van der Waals surface area contributed by atoms with Gasteiger partial charge in [0.05, 0.1) is 6.04 Å². The van der Waals surface area contributed by atoms with Gasteiger partial charge in [-0.1, -0.05) is 79.2 Å². The lowest BCUT2D eigenvalue weighted by molar-refractivity contribution is -0.123. The predicted octanol–water partition coefficient (Wildman–Crippen LogP) is 4.53. The number of benzene rings is 3. The van der Waals surface area contributed by atoms with E-state index in [0.29, 0.717) is 45.4 Å². The van der Waals surface area contributed by atoms with Crippen molar-refractivity contribution in [2.45, 2.75) is 50.7 Å². The van der Waals surface area contributed by atoms with Crippen LogP contribution < -0.4 is 27.0 Å². The summed E-state index contributed by atoms with van der Waals surface area (Å²) in [6, 6.07) is 25.2. The largest absolute Gasteiger partial charge is 0.351 e. The number of hydrogen-bond donors (Lipinski definition) is 5. The number of halogens is 3. The van der Waals surface area contributed by atoms with Crippen LogP contribution in [-0.4, -0.2) is 43.7 Å². The van der Waals surface area contributed by atoms with Gasteiger partial charge in [0.25, 0.3) is 0 Å². The van der Waals surface area contributed by atoms with Crippen LogP contribution in [0.3, 0.4) is 0 Å². The second-order valence-corrected chi connectivity index (χ2v) is 9.61. The first-order valence-electron chi connectivity index (χ1n) is 13.6. The quantitative estimate of drug-likeness (QED) is 0.155. The molecular formula is C31H42Cl2FN5O2. The summed E-state index contributed by atoms with van der Waals surface area (Å²) in [5, 5.41) is 12.4. The third kappa shape index (κ3) is 14.3. The Balaban J connectivity index is 0.00000420. The molecule has 224 valence electrons. The maximum atomic E-state index is 13.2. The standard InChI is InChI=1S/C31H40FN5O2.2ClH/c32-27-16-14-24(15-17-27)18-20-34-31(39)36-23-28(21-25-9-3-1-4-10-25)37-29(13-7-8-19-33)30(38)35-22-26-11-5-2-6-12-26;;/h1-6,9-12,14-17,28-29,37H,7-8,13,18-23,33H2,(H,35,38)(H2,34,36,39);2*1H/t28-,29-;;/m0../s1. The van der Waals surface area contributed by atoms with Crippen LogP contribution in [0.2, 0.25) is 0 Å². The zero-order valence-corrected chi connectivity index (χ0v) is 24.8. The van der Waals surface area contributed by atoms with Crippen molar-refractivity contribution in [3.8, 4) is 0 Å². The molecule has 3 rings (SSSR count). The van der Waals surface area contributed by atoms with Crippen LogP contribution in [-0.2, 0) is 24.2 Å². The van der Waals surface area contributed by atoms with E-state index in [9.17, 15) is 14.0 Å². The number of nitrogens with two attached hydrogens (primary N) is 1. The first kappa shape index (κ1) is 35.9. The van der Waals surface area contributed by atoms with E-state index < -0.39 is 6.04 Å². The minimum absolute atomic E-state index is 0. The average molecular weight is 607 g/mol. The molecule has 0 aliphatic rings. The van der Waals surface area contributed by atoms with Crippen LogP contribution in [0.5, 0.6) is 0 Å². The highest BCUT2D eigenvalue weighted by Gasteiger charge is 2.22. The summed E-state index contributed by atoms with van der Waals surface area (Å²) >= 11 is 0. The zero-order chi connectivity index (χ0) is 27.7. The van der Waals surface area contributed by atoms with Crippen molar-refractivity contribution in [2.75, 3.05) is 19.6 Å². The van der Waals surface area contributed by atoms with Gasteiger partial charge in [0.2, 0.25) is 5.91 Å². The van der Waals surface area contributed by atoms with Gasteiger partial charge < -0.3 is 27.0 Å². The number of unbranched alkanes of at least 4 members (excludes halogenated alkanes) is 1. The smallest absolute Gasteiger partial charge is 0.314 e. The molecule has 0 spiro atoms. The predicted molar refractivity (Wildman–Crippen MR) is 168 cm³/mol. The minimum Gasteiger partial charge on any atom is -0.351 e. The molecule has 10 heteroatoms. The Bertz CT molecular complexity index is 1120. The number of amides is 3. The second kappa shape index (κ2) is 20.7. The summed E-state index contributed by atoms with van der Waals surface area (Å²) in [5.74, 6) is -0.353. The highest BCUT2D eigenvalue weighted by molar-refractivity contribution is 5.85. The first-order chi connectivity index (χ1) is 19.0. The molecule has 3 aromatic rings. The van der Waals surface area contributed by atoms with Crippen LogP contribution >= 0.6 is 24.8 Å². The topological polar surface area (TPSA) is 108 Å². The molecule has 3 amide bonds. The van der Waals surface area contributed by atoms with Crippen LogP contribution in [0.25, 0.3) is 0 Å². The highest BCUT2D eigenvalue weighted by Crippen LogP contribution is 2.08. The van der Waals surface area contributed by atoms with Crippen LogP contribution in [0.1, 0.15) is 36.0 Å². The van der Waals surface area contributed by atoms with Crippen LogP contribution in [0.4, 0.5) is 9.18 Å². The normalized spacial score (nSPS) is 11.8. The summed E-state index contributed by atoms with van der Waals surface area (Å²) in [7, 11) is 0. The van der Waals surface area contributed by atoms with E-state index in [4.69, 9.17) is 5.73 Å². The third-order valence-corrected chi connectivity index (χ3v) is 6.46. The van der Waals surface area contributed by atoms with Gasteiger partial charge in [-0.15, -0.1) is 24.8 Å². The number of carbonyl (C=O) groups is 2. The van der Waals surface area contributed by atoms with Crippen molar-refractivity contribution in [3.05, 3.63) is 107 Å². The van der Waals surface area contributed by atoms with Crippen LogP contribution in [0.15, 0.2) is 84.9 Å². The molecule has 0 unspecified atom stereocenters. The Kier molecular flexibility index (Phi) is 18.1. The van der Waals surface area contributed by atoms with E-state index in [1.165, 1.54) is 12.1 Å². The summed E-state index contributed by atoms with van der Waals surface area (Å²) < 4.78 is 13.1. The van der Waals surface area contributed by atoms with Gasteiger partial charge in [-0.3, -0.25) is 4.79 Å². The highest BCUT2D eigenvalue weighted by atomic mass is 35.5. The molecule has 41 heavy (non-hydrogen) atoms. The number of rotatable bonds is 16. The molecular weight excluding hydrogens is 564 g/mol. The number of hydrogen-bond acceptors (Lipinski definition) is 4. The summed E-state index contributed by atoms with van der Waals surface area (Å²) in [5.41, 5.74) is 8.79. The van der Waals surface area contributed by atoms with Gasteiger partial charge in [-0.25, -0.2) is 9.18 Å². The van der Waals surface area contributed by atoms with E-state index >= 15 is 0 Å². The molecule has 0 saturated heterocycles. The maximum Gasteiger partial charge on any atom is 0.314 e. The Morgan fingerprint density at radius 3 is 2.02 bits per heavy atom. The molecule has 6 N–H and O–H groups in total. The molecule has 0 heterocycles. The van der Waals surface area contributed by atoms with Gasteiger partial charge >= 0.3 is 6.03 Å². The summed E-state index contributed by atoms with van der Waals surface area (Å²) in [6.07, 6.45) is 3.55. The van der Waals surface area contributed by atoms with E-state index in [2.05, 4.69) is 21.3 Å². The third-order valence-electron chi connectivity index (χ3n) is 6.46. The monoisotopic (exact) mass is 605 g/mol. The fraction of sp³-hybridized carbons (Fsp3) is 0.355. The fourth-order valence-corrected chi connectivity index (χ4v) is 4.31. The van der Waals surface area contributed by atoms with E-state index in [1.54, 1.807) is 12.1 Å². The molecule has 0 radical (unpaired) electrons. The molecule has 0 bridgehead atoms. The zero-order valence-electron chi connectivity index (χ0n) is 23.2. The van der Waals surface area contributed by atoms with E-state index in [0.717, 1.165) is 29.5 Å². The number of carbonyl (C=O) groups excluding carboxylic acids is 2. The SMILES string of the molecule is Cl.Cl.NCCCC[C@H](N[C@H](CNC(=O)NCCc1ccc(F)cc1)Cc1ccccc1)C(=O)NCc1ccccc1. The molecule has 0 aliphatic carbocycles. The molecule has 0 aliphatic heterocycles. The number of urea groups is 1. The lowest BCUT2D eigenvalue weighted by atomic mass is 10.0. The van der Waals surface area contributed by atoms with Gasteiger partial charge in [0, 0.05) is 25.7 Å². The van der Waals surface area contributed by atoms with Gasteiger partial charge in [0.1, 0.15) is 5.82 Å². The second-order valence-electron chi connectivity index (χ2n) is 9.61. The Morgan fingerprint density at radius 1 is 0.756 bits per heavy atom. The van der Waals surface area contributed by atoms with Crippen LogP contribution in [0, 0.1) is 5.82 Å². The Morgan fingerprint density at radius 2 is 1.39 bits per heavy atom. The van der Waals surface area contributed by atoms with Gasteiger partial charge in [-0.2, -0.15) is 0 Å². The Hall–Kier alpha value is -3.17. The molecule has 2 atom stereocenters. The summed E-state index contributed by atoms with van der Waals surface area (Å²) in [6.45, 7) is 1.80. The lowest BCUT2D eigenvalue weighted by Crippen LogP contribution is -2.53. The van der Waals surface area contributed by atoms with Crippen molar-refractivity contribution in [1.82, 2.24) is 21.3 Å². The molecule has 0 fully saturated rings. The van der Waals surface area contributed by atoms with E-state index in [1.807, 2.05) is 60.7 Å². The first-order valence-corrected chi connectivity index (χ1v) is 13.6. The fourth-order valence-electron chi connectivity index (χ4n) is 4.31. The lowest BCUT2D eigenvalue weighted by Gasteiger charge is -2.26. The average Bonchev–Trinajstić information content (AvgIpc) is 2.96. The van der Waals surface area contributed by atoms with Gasteiger partial charge in [0.15, 0.2) is 0 Å². The molecule has 7 nitrogen and oxygen atoms in total. The Labute approximate surface area is 255 Å². The van der Waals surface area contributed by atoms with Crippen molar-refractivity contribution >= 4 is 36.8 Å².